The molecule has 2 atom stereocenters. The van der Waals surface area contributed by atoms with Crippen molar-refractivity contribution in [2.75, 3.05) is 0 Å². The molecule has 0 spiro atoms. The predicted octanol–water partition coefficient (Wildman–Crippen LogP) is 4.26. The van der Waals surface area contributed by atoms with E-state index in [0.717, 1.165) is 16.3 Å². The maximum absolute atomic E-state index is 6.17. The second-order valence-corrected chi connectivity index (χ2v) is 6.28. The number of nitrogens with zero attached hydrogens (tertiary/aromatic N) is 1. The summed E-state index contributed by atoms with van der Waals surface area (Å²) in [6, 6.07) is 20.8. The van der Waals surface area contributed by atoms with Crippen molar-refractivity contribution < 1.29 is 0 Å². The van der Waals surface area contributed by atoms with Crippen LogP contribution in [0.1, 0.15) is 23.3 Å². The molecule has 2 N–H and O–H groups in total. The van der Waals surface area contributed by atoms with Crippen LogP contribution in [0.15, 0.2) is 71.7 Å². The zero-order valence-electron chi connectivity index (χ0n) is 11.9. The average Bonchev–Trinajstić information content (AvgIpc) is 2.89. The van der Waals surface area contributed by atoms with Crippen LogP contribution in [-0.4, -0.2) is 11.1 Å². The van der Waals surface area contributed by atoms with Gasteiger partial charge in [-0.05, 0) is 24.1 Å². The van der Waals surface area contributed by atoms with E-state index in [1.165, 1.54) is 5.56 Å². The van der Waals surface area contributed by atoms with Crippen molar-refractivity contribution in [1.29, 1.82) is 0 Å². The van der Waals surface area contributed by atoms with Crippen molar-refractivity contribution in [3.8, 4) is 0 Å². The summed E-state index contributed by atoms with van der Waals surface area (Å²) in [6.45, 7) is 2.16. The van der Waals surface area contributed by atoms with Gasteiger partial charge in [-0.25, -0.2) is 0 Å². The molecule has 1 heterocycles. The molecule has 0 aliphatic carbocycles. The van der Waals surface area contributed by atoms with Gasteiger partial charge in [-0.1, -0.05) is 72.4 Å². The third-order valence-electron chi connectivity index (χ3n) is 3.53. The molecule has 0 amide bonds. The summed E-state index contributed by atoms with van der Waals surface area (Å²) in [6.07, 6.45) is 1.99. The Morgan fingerprint density at radius 2 is 1.67 bits per heavy atom. The average molecular weight is 294 g/mol. The fourth-order valence-corrected chi connectivity index (χ4v) is 3.67. The highest BCUT2D eigenvalue weighted by atomic mass is 32.2. The molecule has 0 saturated carbocycles. The van der Waals surface area contributed by atoms with Gasteiger partial charge in [0.05, 0.1) is 16.3 Å². The molecule has 0 radical (unpaired) electrons. The Bertz CT molecular complexity index is 662. The van der Waals surface area contributed by atoms with Crippen LogP contribution in [0.4, 0.5) is 0 Å². The van der Waals surface area contributed by atoms with Crippen molar-refractivity contribution >= 4 is 22.5 Å². The summed E-state index contributed by atoms with van der Waals surface area (Å²) in [5, 5.41) is 1.39. The van der Waals surface area contributed by atoms with Gasteiger partial charge in [-0.3, -0.25) is 4.99 Å². The van der Waals surface area contributed by atoms with Gasteiger partial charge in [0.15, 0.2) is 0 Å². The van der Waals surface area contributed by atoms with Crippen LogP contribution in [0.25, 0.3) is 5.70 Å². The lowest BCUT2D eigenvalue weighted by atomic mass is 10.1. The molecule has 21 heavy (non-hydrogen) atoms. The minimum Gasteiger partial charge on any atom is -0.398 e. The van der Waals surface area contributed by atoms with Gasteiger partial charge in [-0.2, -0.15) is 0 Å². The first-order chi connectivity index (χ1) is 10.2. The lowest BCUT2D eigenvalue weighted by Gasteiger charge is -2.12. The first kappa shape index (κ1) is 14.0. The minimum atomic E-state index is 0.271. The van der Waals surface area contributed by atoms with Crippen molar-refractivity contribution in [3.05, 3.63) is 77.9 Å². The summed E-state index contributed by atoms with van der Waals surface area (Å²) in [5.74, 6) is 0. The lowest BCUT2D eigenvalue weighted by Crippen LogP contribution is -2.04. The smallest absolute Gasteiger partial charge is 0.0935 e. The number of hydrogen-bond donors (Lipinski definition) is 1. The van der Waals surface area contributed by atoms with Crippen molar-refractivity contribution in [1.82, 2.24) is 0 Å². The van der Waals surface area contributed by atoms with E-state index in [0.29, 0.717) is 5.25 Å². The second kappa shape index (κ2) is 6.19. The van der Waals surface area contributed by atoms with Crippen LogP contribution in [0, 0.1) is 0 Å². The largest absolute Gasteiger partial charge is 0.398 e. The number of aliphatic imine (C=N–C) groups is 1. The Labute approximate surface area is 129 Å². The Balaban J connectivity index is 1.78. The van der Waals surface area contributed by atoms with Gasteiger partial charge in [0.25, 0.3) is 0 Å². The quantitative estimate of drug-likeness (QED) is 0.918. The fourth-order valence-electron chi connectivity index (χ4n) is 2.43. The van der Waals surface area contributed by atoms with Crippen molar-refractivity contribution in [2.24, 2.45) is 10.7 Å². The molecule has 1 aliphatic heterocycles. The molecule has 2 nitrogen and oxygen atoms in total. The monoisotopic (exact) mass is 294 g/mol. The van der Waals surface area contributed by atoms with Gasteiger partial charge in [0.2, 0.25) is 0 Å². The highest BCUT2D eigenvalue weighted by Gasteiger charge is 2.27. The number of hydrogen-bond acceptors (Lipinski definition) is 3. The molecule has 0 fully saturated rings. The molecule has 0 unspecified atom stereocenters. The predicted molar refractivity (Wildman–Crippen MR) is 92.3 cm³/mol. The Morgan fingerprint density at radius 1 is 1.05 bits per heavy atom. The van der Waals surface area contributed by atoms with E-state index in [1.54, 1.807) is 11.8 Å². The van der Waals surface area contributed by atoms with E-state index in [9.17, 15) is 0 Å². The van der Waals surface area contributed by atoms with Crippen LogP contribution in [0.2, 0.25) is 0 Å². The van der Waals surface area contributed by atoms with Gasteiger partial charge < -0.3 is 5.73 Å². The van der Waals surface area contributed by atoms with E-state index in [-0.39, 0.29) is 6.04 Å². The highest BCUT2D eigenvalue weighted by molar-refractivity contribution is 8.14. The first-order valence-corrected chi connectivity index (χ1v) is 7.94. The van der Waals surface area contributed by atoms with Crippen LogP contribution < -0.4 is 5.73 Å². The first-order valence-electron chi connectivity index (χ1n) is 7.06. The molecule has 3 rings (SSSR count). The molecule has 2 aromatic carbocycles. The molecule has 3 heteroatoms. The van der Waals surface area contributed by atoms with Gasteiger partial charge in [-0.15, -0.1) is 0 Å². The zero-order valence-corrected chi connectivity index (χ0v) is 12.8. The molecule has 0 aromatic heterocycles. The summed E-state index contributed by atoms with van der Waals surface area (Å²) >= 11 is 1.79. The fraction of sp³-hybridized carbons (Fsp3) is 0.167. The Kier molecular flexibility index (Phi) is 4.11. The van der Waals surface area contributed by atoms with Crippen molar-refractivity contribution in [3.63, 3.8) is 0 Å². The maximum atomic E-state index is 6.17. The van der Waals surface area contributed by atoms with E-state index < -0.39 is 0 Å². The molecule has 0 bridgehead atoms. The Hall–Kier alpha value is -2.00. The van der Waals surface area contributed by atoms with E-state index in [4.69, 9.17) is 10.7 Å². The van der Waals surface area contributed by atoms with Gasteiger partial charge in [0, 0.05) is 5.70 Å². The number of thioether (sulfide) groups is 1. The number of nitrogens with two attached hydrogens (primary N) is 1. The molecular weight excluding hydrogens is 276 g/mol. The highest BCUT2D eigenvalue weighted by Crippen LogP contribution is 2.40. The molecular formula is C18H18N2S. The van der Waals surface area contributed by atoms with Crippen LogP contribution in [0.5, 0.6) is 0 Å². The maximum Gasteiger partial charge on any atom is 0.0935 e. The van der Waals surface area contributed by atoms with Gasteiger partial charge in [0.1, 0.15) is 0 Å². The number of rotatable bonds is 3. The van der Waals surface area contributed by atoms with Crippen LogP contribution in [-0.2, 0) is 0 Å². The normalized spacial score (nSPS) is 22.1. The lowest BCUT2D eigenvalue weighted by molar-refractivity contribution is 0.740. The van der Waals surface area contributed by atoms with E-state index in [2.05, 4.69) is 31.2 Å². The molecule has 1 aliphatic rings. The molecule has 2 aromatic rings. The van der Waals surface area contributed by atoms with E-state index in [1.807, 2.05) is 42.5 Å². The molecule has 106 valence electrons. The van der Waals surface area contributed by atoms with Crippen LogP contribution in [0.3, 0.4) is 0 Å². The Morgan fingerprint density at radius 3 is 2.33 bits per heavy atom. The summed E-state index contributed by atoms with van der Waals surface area (Å²) in [5.41, 5.74) is 9.30. The second-order valence-electron chi connectivity index (χ2n) is 5.12. The topological polar surface area (TPSA) is 38.4 Å². The van der Waals surface area contributed by atoms with Gasteiger partial charge >= 0.3 is 0 Å². The standard InChI is InChI=1S/C18H18N2S/c1-13-18(15-10-6-3-7-11-15)21-17(20-13)12-16(19)14-8-4-2-5-9-14/h2-13,18H,19H2,1H3/t13-,18-/m1/s1. The SMILES string of the molecule is C[C@H]1N=C(C=C(N)c2ccccc2)S[C@H]1c1ccccc1. The minimum absolute atomic E-state index is 0.271. The third kappa shape index (κ3) is 3.19. The van der Waals surface area contributed by atoms with E-state index >= 15 is 0 Å². The molecule has 0 saturated heterocycles. The zero-order chi connectivity index (χ0) is 14.7. The summed E-state index contributed by atoms with van der Waals surface area (Å²) < 4.78 is 0. The van der Waals surface area contributed by atoms with Crippen LogP contribution >= 0.6 is 11.8 Å². The third-order valence-corrected chi connectivity index (χ3v) is 4.92. The van der Waals surface area contributed by atoms with Crippen molar-refractivity contribution in [2.45, 2.75) is 18.2 Å². The number of benzene rings is 2. The summed E-state index contributed by atoms with van der Waals surface area (Å²) in [7, 11) is 0. The summed E-state index contributed by atoms with van der Waals surface area (Å²) in [4.78, 5) is 4.73.